The van der Waals surface area contributed by atoms with Crippen molar-refractivity contribution in [1.82, 2.24) is 0 Å². The summed E-state index contributed by atoms with van der Waals surface area (Å²) in [5.41, 5.74) is 0.565. The molecule has 5 unspecified atom stereocenters. The number of esters is 3. The fourth-order valence-electron chi connectivity index (χ4n) is 3.37. The minimum absolute atomic E-state index is 0.0789. The zero-order valence-electron chi connectivity index (χ0n) is 26.5. The van der Waals surface area contributed by atoms with Gasteiger partial charge in [-0.1, -0.05) is 71.9 Å². The molecule has 0 aliphatic carbocycles. The Balaban J connectivity index is 0.000000632. The Labute approximate surface area is 237 Å². The van der Waals surface area contributed by atoms with Crippen molar-refractivity contribution in [2.75, 3.05) is 13.7 Å². The maximum absolute atomic E-state index is 12.1. The van der Waals surface area contributed by atoms with E-state index in [-0.39, 0.29) is 29.2 Å². The zero-order chi connectivity index (χ0) is 30.4. The molecule has 2 rings (SSSR count). The summed E-state index contributed by atoms with van der Waals surface area (Å²) in [5.74, 6) is 0.175. The van der Waals surface area contributed by atoms with Crippen LogP contribution in [-0.4, -0.2) is 44.0 Å². The van der Waals surface area contributed by atoms with Crippen LogP contribution >= 0.6 is 0 Å². The van der Waals surface area contributed by atoms with E-state index in [1.54, 1.807) is 0 Å². The third kappa shape index (κ3) is 12.5. The standard InChI is InChI=1S/C15H26O5.C10H14.C7H14O2/c1-7-15(5,6)14(17)20-13-12(19-11(4)16)10(3)9(2)8-18-13;1-3-9(2)10-7-5-4-6-8-10;1-5-7(2,3)6(8)9-4/h9-10,12-13H,7-8H2,1-6H3;4-9H,3H2,1-2H3;5H2,1-4H3. The molecule has 224 valence electrons. The highest BCUT2D eigenvalue weighted by Gasteiger charge is 2.42. The van der Waals surface area contributed by atoms with E-state index in [1.807, 2.05) is 55.4 Å². The number of benzene rings is 1. The third-order valence-electron chi connectivity index (χ3n) is 7.77. The predicted octanol–water partition coefficient (Wildman–Crippen LogP) is 7.32. The molecule has 0 saturated carbocycles. The summed E-state index contributed by atoms with van der Waals surface area (Å²) in [4.78, 5) is 34.2. The Morgan fingerprint density at radius 2 is 1.44 bits per heavy atom. The summed E-state index contributed by atoms with van der Waals surface area (Å²) in [6.45, 7) is 21.6. The molecule has 1 aromatic carbocycles. The monoisotopic (exact) mass is 550 g/mol. The molecule has 0 bridgehead atoms. The summed E-state index contributed by atoms with van der Waals surface area (Å²) in [6, 6.07) is 10.6. The Bertz CT molecular complexity index is 863. The van der Waals surface area contributed by atoms with Crippen LogP contribution in [0.4, 0.5) is 0 Å². The van der Waals surface area contributed by atoms with E-state index in [4.69, 9.17) is 14.2 Å². The second-order valence-corrected chi connectivity index (χ2v) is 11.7. The first kappa shape index (κ1) is 36.6. The maximum atomic E-state index is 12.1. The highest BCUT2D eigenvalue weighted by molar-refractivity contribution is 5.76. The van der Waals surface area contributed by atoms with Gasteiger partial charge in [-0.25, -0.2) is 0 Å². The lowest BCUT2D eigenvalue weighted by molar-refractivity contribution is -0.249. The van der Waals surface area contributed by atoms with Gasteiger partial charge in [-0.3, -0.25) is 14.4 Å². The molecule has 1 aliphatic rings. The van der Waals surface area contributed by atoms with E-state index >= 15 is 0 Å². The average Bonchev–Trinajstić information content (AvgIpc) is 2.92. The van der Waals surface area contributed by atoms with Gasteiger partial charge in [-0.2, -0.15) is 0 Å². The number of carbonyl (C=O) groups excluding carboxylic acids is 3. The smallest absolute Gasteiger partial charge is 0.313 e. The largest absolute Gasteiger partial charge is 0.469 e. The molecule has 7 nitrogen and oxygen atoms in total. The van der Waals surface area contributed by atoms with Crippen LogP contribution in [0.2, 0.25) is 0 Å². The molecule has 1 saturated heterocycles. The first-order valence-electron chi connectivity index (χ1n) is 14.2. The van der Waals surface area contributed by atoms with Crippen molar-refractivity contribution in [3.8, 4) is 0 Å². The van der Waals surface area contributed by atoms with E-state index in [0.29, 0.717) is 18.9 Å². The van der Waals surface area contributed by atoms with Gasteiger partial charge in [0.15, 0.2) is 6.10 Å². The highest BCUT2D eigenvalue weighted by Crippen LogP contribution is 2.31. The Morgan fingerprint density at radius 1 is 0.923 bits per heavy atom. The van der Waals surface area contributed by atoms with Crippen molar-refractivity contribution in [2.45, 2.75) is 114 Å². The van der Waals surface area contributed by atoms with Crippen molar-refractivity contribution in [3.05, 3.63) is 35.9 Å². The molecule has 0 N–H and O–H groups in total. The van der Waals surface area contributed by atoms with Crippen LogP contribution in [0.1, 0.15) is 107 Å². The van der Waals surface area contributed by atoms with Gasteiger partial charge in [-0.05, 0) is 64.4 Å². The van der Waals surface area contributed by atoms with Crippen LogP contribution in [0.5, 0.6) is 0 Å². The number of ether oxygens (including phenoxy) is 4. The van der Waals surface area contributed by atoms with E-state index in [2.05, 4.69) is 48.9 Å². The average molecular weight is 551 g/mol. The molecule has 0 aromatic heterocycles. The maximum Gasteiger partial charge on any atom is 0.313 e. The van der Waals surface area contributed by atoms with Crippen molar-refractivity contribution in [1.29, 1.82) is 0 Å². The molecule has 0 amide bonds. The van der Waals surface area contributed by atoms with E-state index < -0.39 is 23.8 Å². The van der Waals surface area contributed by atoms with Gasteiger partial charge in [0.05, 0.1) is 24.5 Å². The van der Waals surface area contributed by atoms with Crippen LogP contribution in [0.3, 0.4) is 0 Å². The van der Waals surface area contributed by atoms with Crippen LogP contribution in [0.15, 0.2) is 30.3 Å². The molecule has 1 aromatic rings. The first-order valence-corrected chi connectivity index (χ1v) is 14.2. The zero-order valence-corrected chi connectivity index (χ0v) is 26.5. The Kier molecular flexibility index (Phi) is 16.2. The summed E-state index contributed by atoms with van der Waals surface area (Å²) < 4.78 is 20.9. The van der Waals surface area contributed by atoms with Gasteiger partial charge in [0.1, 0.15) is 0 Å². The van der Waals surface area contributed by atoms with E-state index in [1.165, 1.54) is 26.0 Å². The molecule has 0 spiro atoms. The predicted molar refractivity (Wildman–Crippen MR) is 155 cm³/mol. The summed E-state index contributed by atoms with van der Waals surface area (Å²) in [6.07, 6.45) is 1.35. The Hall–Kier alpha value is -2.41. The summed E-state index contributed by atoms with van der Waals surface area (Å²) >= 11 is 0. The SMILES string of the molecule is CCC(C)(C)C(=O)OC.CCC(C)(C)C(=O)OC1OCC(C)C(C)C1OC(C)=O.CCC(C)c1ccccc1. The van der Waals surface area contributed by atoms with Gasteiger partial charge in [0.25, 0.3) is 0 Å². The number of methoxy groups -OCH3 is 1. The van der Waals surface area contributed by atoms with E-state index in [0.717, 1.165) is 6.42 Å². The Morgan fingerprint density at radius 3 is 1.85 bits per heavy atom. The topological polar surface area (TPSA) is 88.1 Å². The van der Waals surface area contributed by atoms with Gasteiger partial charge < -0.3 is 18.9 Å². The second-order valence-electron chi connectivity index (χ2n) is 11.7. The van der Waals surface area contributed by atoms with Gasteiger partial charge in [0, 0.05) is 12.8 Å². The minimum atomic E-state index is -0.816. The molecule has 39 heavy (non-hydrogen) atoms. The van der Waals surface area contributed by atoms with Crippen LogP contribution < -0.4 is 0 Å². The van der Waals surface area contributed by atoms with Gasteiger partial charge in [-0.15, -0.1) is 0 Å². The van der Waals surface area contributed by atoms with Gasteiger partial charge in [0.2, 0.25) is 6.29 Å². The second kappa shape index (κ2) is 17.3. The van der Waals surface area contributed by atoms with Gasteiger partial charge >= 0.3 is 17.9 Å². The van der Waals surface area contributed by atoms with E-state index in [9.17, 15) is 14.4 Å². The molecule has 0 radical (unpaired) electrons. The number of hydrogen-bond donors (Lipinski definition) is 0. The molecule has 1 heterocycles. The molecule has 1 fully saturated rings. The molecular formula is C32H54O7. The van der Waals surface area contributed by atoms with Crippen molar-refractivity contribution >= 4 is 17.9 Å². The fraction of sp³-hybridized carbons (Fsp3) is 0.719. The molecule has 7 heteroatoms. The summed E-state index contributed by atoms with van der Waals surface area (Å²) in [5, 5.41) is 0. The lowest BCUT2D eigenvalue weighted by atomic mass is 9.88. The minimum Gasteiger partial charge on any atom is -0.469 e. The molecular weight excluding hydrogens is 496 g/mol. The number of carbonyl (C=O) groups is 3. The molecule has 1 aliphatic heterocycles. The highest BCUT2D eigenvalue weighted by atomic mass is 16.7. The molecule has 5 atom stereocenters. The van der Waals surface area contributed by atoms with Crippen LogP contribution in [0.25, 0.3) is 0 Å². The fourth-order valence-corrected chi connectivity index (χ4v) is 3.37. The normalized spacial score (nSPS) is 21.6. The third-order valence-corrected chi connectivity index (χ3v) is 7.77. The van der Waals surface area contributed by atoms with Crippen LogP contribution in [0, 0.1) is 22.7 Å². The summed E-state index contributed by atoms with van der Waals surface area (Å²) in [7, 11) is 1.42. The lowest BCUT2D eigenvalue weighted by Crippen LogP contribution is -2.49. The van der Waals surface area contributed by atoms with Crippen LogP contribution in [-0.2, 0) is 33.3 Å². The quantitative estimate of drug-likeness (QED) is 0.247. The van der Waals surface area contributed by atoms with Crippen molar-refractivity contribution in [3.63, 3.8) is 0 Å². The lowest BCUT2D eigenvalue weighted by Gasteiger charge is -2.39. The first-order chi connectivity index (χ1) is 18.1. The van der Waals surface area contributed by atoms with Crippen molar-refractivity contribution < 1.29 is 33.3 Å². The van der Waals surface area contributed by atoms with Crippen molar-refractivity contribution in [2.24, 2.45) is 22.7 Å². The number of rotatable bonds is 8. The number of hydrogen-bond acceptors (Lipinski definition) is 7.